The van der Waals surface area contributed by atoms with Crippen LogP contribution in [0, 0.1) is 5.92 Å². The molecule has 98 valence electrons. The van der Waals surface area contributed by atoms with E-state index in [0.29, 0.717) is 0 Å². The Labute approximate surface area is 106 Å². The molecule has 2 nitrogen and oxygen atoms in total. The van der Waals surface area contributed by atoms with Crippen LogP contribution in [-0.4, -0.2) is 36.6 Å². The van der Waals surface area contributed by atoms with Crippen molar-refractivity contribution < 1.29 is 0 Å². The van der Waals surface area contributed by atoms with Gasteiger partial charge in [-0.05, 0) is 51.1 Å². The number of nitrogens with zero attached hydrogens (tertiary/aromatic N) is 1. The van der Waals surface area contributed by atoms with E-state index < -0.39 is 0 Å². The normalized spacial score (nSPS) is 34.2. The zero-order valence-electron chi connectivity index (χ0n) is 11.2. The van der Waals surface area contributed by atoms with Gasteiger partial charge in [0.25, 0.3) is 0 Å². The summed E-state index contributed by atoms with van der Waals surface area (Å²) in [7, 11) is 0. The van der Waals surface area contributed by atoms with Gasteiger partial charge in [-0.3, -0.25) is 4.90 Å². The second-order valence-electron chi connectivity index (χ2n) is 6.39. The molecule has 0 spiro atoms. The molecule has 3 rings (SSSR count). The minimum absolute atomic E-state index is 0.820. The summed E-state index contributed by atoms with van der Waals surface area (Å²) in [6.07, 6.45) is 13.2. The Morgan fingerprint density at radius 3 is 2.29 bits per heavy atom. The summed E-state index contributed by atoms with van der Waals surface area (Å²) >= 11 is 0. The summed E-state index contributed by atoms with van der Waals surface area (Å²) in [5.41, 5.74) is 0. The Morgan fingerprint density at radius 2 is 1.59 bits per heavy atom. The maximum absolute atomic E-state index is 3.79. The van der Waals surface area contributed by atoms with Crippen molar-refractivity contribution in [2.24, 2.45) is 5.92 Å². The van der Waals surface area contributed by atoms with Crippen molar-refractivity contribution in [3.05, 3.63) is 0 Å². The lowest BCUT2D eigenvalue weighted by molar-refractivity contribution is 0.171. The van der Waals surface area contributed by atoms with Crippen LogP contribution >= 0.6 is 0 Å². The molecule has 2 saturated carbocycles. The van der Waals surface area contributed by atoms with E-state index in [1.165, 1.54) is 77.4 Å². The SMILES string of the molecule is C1CCCC(N2CCCNC(C3CC3)C2)CC1. The summed E-state index contributed by atoms with van der Waals surface area (Å²) in [4.78, 5) is 2.84. The van der Waals surface area contributed by atoms with E-state index in [9.17, 15) is 0 Å². The van der Waals surface area contributed by atoms with Crippen molar-refractivity contribution in [2.45, 2.75) is 69.9 Å². The summed E-state index contributed by atoms with van der Waals surface area (Å²) < 4.78 is 0. The van der Waals surface area contributed by atoms with Crippen LogP contribution < -0.4 is 5.32 Å². The predicted octanol–water partition coefficient (Wildman–Crippen LogP) is 2.78. The van der Waals surface area contributed by atoms with Gasteiger partial charge in [-0.1, -0.05) is 25.7 Å². The lowest BCUT2D eigenvalue weighted by atomic mass is 10.1. The Kier molecular flexibility index (Phi) is 4.02. The summed E-state index contributed by atoms with van der Waals surface area (Å²) in [5.74, 6) is 1.02. The standard InChI is InChI=1S/C15H28N2/c1-2-4-7-14(6-3-1)17-11-5-10-16-15(12-17)13-8-9-13/h13-16H,1-12H2. The maximum atomic E-state index is 3.79. The van der Waals surface area contributed by atoms with Gasteiger partial charge in [0, 0.05) is 18.6 Å². The van der Waals surface area contributed by atoms with Crippen molar-refractivity contribution >= 4 is 0 Å². The quantitative estimate of drug-likeness (QED) is 0.742. The lowest BCUT2D eigenvalue weighted by Crippen LogP contribution is -2.43. The molecular weight excluding hydrogens is 208 g/mol. The monoisotopic (exact) mass is 236 g/mol. The maximum Gasteiger partial charge on any atom is 0.0223 e. The first-order valence-corrected chi connectivity index (χ1v) is 7.91. The third-order valence-electron chi connectivity index (χ3n) is 4.99. The van der Waals surface area contributed by atoms with E-state index in [1.807, 2.05) is 0 Å². The number of rotatable bonds is 2. The van der Waals surface area contributed by atoms with Gasteiger partial charge >= 0.3 is 0 Å². The van der Waals surface area contributed by atoms with Crippen LogP contribution in [0.25, 0.3) is 0 Å². The highest BCUT2D eigenvalue weighted by Crippen LogP contribution is 2.34. The first kappa shape index (κ1) is 12.0. The van der Waals surface area contributed by atoms with Gasteiger partial charge in [0.2, 0.25) is 0 Å². The molecule has 1 aliphatic heterocycles. The van der Waals surface area contributed by atoms with Crippen molar-refractivity contribution in [2.75, 3.05) is 19.6 Å². The van der Waals surface area contributed by atoms with Crippen molar-refractivity contribution in [1.82, 2.24) is 10.2 Å². The van der Waals surface area contributed by atoms with Crippen LogP contribution in [0.3, 0.4) is 0 Å². The van der Waals surface area contributed by atoms with Gasteiger partial charge in [-0.2, -0.15) is 0 Å². The molecule has 1 saturated heterocycles. The second-order valence-corrected chi connectivity index (χ2v) is 6.39. The molecule has 3 fully saturated rings. The van der Waals surface area contributed by atoms with Crippen LogP contribution in [0.5, 0.6) is 0 Å². The molecule has 0 aromatic carbocycles. The molecule has 3 aliphatic rings. The van der Waals surface area contributed by atoms with E-state index in [4.69, 9.17) is 0 Å². The minimum Gasteiger partial charge on any atom is -0.312 e. The summed E-state index contributed by atoms with van der Waals surface area (Å²) in [6, 6.07) is 1.74. The van der Waals surface area contributed by atoms with E-state index in [1.54, 1.807) is 0 Å². The van der Waals surface area contributed by atoms with Crippen LogP contribution in [0.1, 0.15) is 57.8 Å². The lowest BCUT2D eigenvalue weighted by Gasteiger charge is -2.32. The predicted molar refractivity (Wildman–Crippen MR) is 72.2 cm³/mol. The molecule has 1 atom stereocenters. The average Bonchev–Trinajstić information content (AvgIpc) is 3.18. The highest BCUT2D eigenvalue weighted by atomic mass is 15.2. The summed E-state index contributed by atoms with van der Waals surface area (Å²) in [5, 5.41) is 3.79. The minimum atomic E-state index is 0.820. The first-order chi connectivity index (χ1) is 8.43. The molecule has 1 N–H and O–H groups in total. The second kappa shape index (κ2) is 5.71. The van der Waals surface area contributed by atoms with Gasteiger partial charge in [0.15, 0.2) is 0 Å². The highest BCUT2D eigenvalue weighted by Gasteiger charge is 2.34. The highest BCUT2D eigenvalue weighted by molar-refractivity contribution is 4.91. The van der Waals surface area contributed by atoms with E-state index in [0.717, 1.165) is 18.0 Å². The summed E-state index contributed by atoms with van der Waals surface area (Å²) in [6.45, 7) is 3.95. The molecule has 0 radical (unpaired) electrons. The van der Waals surface area contributed by atoms with Crippen LogP contribution in [-0.2, 0) is 0 Å². The molecule has 17 heavy (non-hydrogen) atoms. The zero-order valence-corrected chi connectivity index (χ0v) is 11.2. The molecule has 0 bridgehead atoms. The van der Waals surface area contributed by atoms with E-state index in [2.05, 4.69) is 10.2 Å². The molecule has 0 aromatic heterocycles. The number of nitrogens with one attached hydrogen (secondary N) is 1. The van der Waals surface area contributed by atoms with Crippen LogP contribution in [0.15, 0.2) is 0 Å². The van der Waals surface area contributed by atoms with E-state index in [-0.39, 0.29) is 0 Å². The van der Waals surface area contributed by atoms with E-state index >= 15 is 0 Å². The Balaban J connectivity index is 1.58. The van der Waals surface area contributed by atoms with Crippen LogP contribution in [0.4, 0.5) is 0 Å². The van der Waals surface area contributed by atoms with Gasteiger partial charge in [0.05, 0.1) is 0 Å². The average molecular weight is 236 g/mol. The van der Waals surface area contributed by atoms with Gasteiger partial charge in [0.1, 0.15) is 0 Å². The van der Waals surface area contributed by atoms with Gasteiger partial charge < -0.3 is 5.32 Å². The third-order valence-corrected chi connectivity index (χ3v) is 4.99. The molecule has 0 amide bonds. The van der Waals surface area contributed by atoms with Gasteiger partial charge in [-0.15, -0.1) is 0 Å². The largest absolute Gasteiger partial charge is 0.312 e. The van der Waals surface area contributed by atoms with Crippen LogP contribution in [0.2, 0.25) is 0 Å². The number of hydrogen-bond donors (Lipinski definition) is 1. The van der Waals surface area contributed by atoms with Crippen molar-refractivity contribution in [1.29, 1.82) is 0 Å². The first-order valence-electron chi connectivity index (χ1n) is 7.91. The Morgan fingerprint density at radius 1 is 0.824 bits per heavy atom. The molecular formula is C15H28N2. The zero-order chi connectivity index (χ0) is 11.5. The fraction of sp³-hybridized carbons (Fsp3) is 1.00. The molecule has 2 heteroatoms. The fourth-order valence-electron chi connectivity index (χ4n) is 3.75. The molecule has 2 aliphatic carbocycles. The fourth-order valence-corrected chi connectivity index (χ4v) is 3.75. The smallest absolute Gasteiger partial charge is 0.0223 e. The van der Waals surface area contributed by atoms with Gasteiger partial charge in [-0.25, -0.2) is 0 Å². The molecule has 0 aromatic rings. The van der Waals surface area contributed by atoms with Crippen molar-refractivity contribution in [3.8, 4) is 0 Å². The topological polar surface area (TPSA) is 15.3 Å². The third kappa shape index (κ3) is 3.23. The number of hydrogen-bond acceptors (Lipinski definition) is 2. The van der Waals surface area contributed by atoms with Crippen molar-refractivity contribution in [3.63, 3.8) is 0 Å². The Bertz CT molecular complexity index is 229. The molecule has 1 heterocycles. The Hall–Kier alpha value is -0.0800. The molecule has 1 unspecified atom stereocenters.